The van der Waals surface area contributed by atoms with Crippen molar-refractivity contribution in [1.29, 1.82) is 0 Å². The van der Waals surface area contributed by atoms with Gasteiger partial charge in [0.2, 0.25) is 0 Å². The second-order valence-electron chi connectivity index (χ2n) is 10.5. The maximum atomic E-state index is 13.7. The fourth-order valence-electron chi connectivity index (χ4n) is 5.03. The first-order valence-electron chi connectivity index (χ1n) is 13.7. The molecule has 3 atom stereocenters. The molecule has 0 unspecified atom stereocenters. The molecule has 1 N–H and O–H groups in total. The lowest BCUT2D eigenvalue weighted by atomic mass is 10.0. The number of hydrogen-bond donors (Lipinski definition) is 1. The summed E-state index contributed by atoms with van der Waals surface area (Å²) in [5.74, 6) is 0.0862. The molecule has 0 saturated carbocycles. The molecule has 0 fully saturated rings. The number of hydrogen-bond acceptors (Lipinski definition) is 8. The van der Waals surface area contributed by atoms with Gasteiger partial charge < -0.3 is 19.7 Å². The summed E-state index contributed by atoms with van der Waals surface area (Å²) in [5, 5.41) is 3.26. The second-order valence-corrected chi connectivity index (χ2v) is 11.6. The van der Waals surface area contributed by atoms with Crippen LogP contribution in [0.4, 0.5) is 5.69 Å². The quantitative estimate of drug-likeness (QED) is 0.361. The third kappa shape index (κ3) is 6.73. The number of rotatable bonds is 5. The molecule has 5 rings (SSSR count). The normalized spacial score (nSPS) is 20.5. The van der Waals surface area contributed by atoms with Crippen LogP contribution in [0.25, 0.3) is 10.2 Å². The molecule has 0 radical (unpaired) electrons. The number of pyridine rings is 1. The summed E-state index contributed by atoms with van der Waals surface area (Å²) in [5.41, 5.74) is 2.77. The third-order valence-corrected chi connectivity index (χ3v) is 8.46. The molecular formula is C31H35N5O4S. The maximum Gasteiger partial charge on any atom is 0.284 e. The number of likely N-dealkylation sites (N-methyl/N-ethyl adjacent to an activating group) is 1. The summed E-state index contributed by atoms with van der Waals surface area (Å²) in [6.45, 7) is 6.54. The number of nitrogens with zero attached hydrogens (tertiary/aromatic N) is 4. The Morgan fingerprint density at radius 2 is 1.98 bits per heavy atom. The van der Waals surface area contributed by atoms with E-state index in [2.05, 4.69) is 40.1 Å². The number of carbonyl (C=O) groups is 2. The van der Waals surface area contributed by atoms with Gasteiger partial charge in [-0.1, -0.05) is 25.1 Å². The van der Waals surface area contributed by atoms with Gasteiger partial charge in [0.25, 0.3) is 11.8 Å². The molecule has 0 bridgehead atoms. The van der Waals surface area contributed by atoms with E-state index in [1.54, 1.807) is 43.5 Å². The van der Waals surface area contributed by atoms with Crippen molar-refractivity contribution < 1.29 is 19.1 Å². The summed E-state index contributed by atoms with van der Waals surface area (Å²) in [7, 11) is 3.45. The van der Waals surface area contributed by atoms with Crippen molar-refractivity contribution in [3.05, 3.63) is 83.1 Å². The fourth-order valence-corrected chi connectivity index (χ4v) is 5.89. The number of methoxy groups -OCH3 is 1. The number of anilines is 1. The Kier molecular flexibility index (Phi) is 8.92. The predicted octanol–water partition coefficient (Wildman–Crippen LogP) is 4.95. The van der Waals surface area contributed by atoms with Crippen molar-refractivity contribution in [3.8, 4) is 5.75 Å². The minimum absolute atomic E-state index is 0.0497. The average molecular weight is 574 g/mol. The standard InChI is InChI=1S/C31H35N5O4S/c1-20-16-36(17-22-8-7-13-32-15-22)21(2)19-40-26-12-11-23(14-24(26)31(38)35(3)18-27(20)39-4)33-29(37)30-34-25-9-5-6-10-28(25)41-30/h5-15,20-21,27H,16-19H2,1-4H3,(H,33,37)/t20-,21+,27-/m0/s1. The van der Waals surface area contributed by atoms with Gasteiger partial charge in [-0.15, -0.1) is 11.3 Å². The van der Waals surface area contributed by atoms with Gasteiger partial charge in [-0.25, -0.2) is 4.98 Å². The van der Waals surface area contributed by atoms with Crippen LogP contribution >= 0.6 is 11.3 Å². The Labute approximate surface area is 244 Å². The van der Waals surface area contributed by atoms with E-state index in [-0.39, 0.29) is 29.9 Å². The van der Waals surface area contributed by atoms with Crippen LogP contribution in [0.2, 0.25) is 0 Å². The molecule has 214 valence electrons. The molecular weight excluding hydrogens is 538 g/mol. The van der Waals surface area contributed by atoms with Gasteiger partial charge in [0.05, 0.1) is 21.9 Å². The molecule has 0 aliphatic carbocycles. The monoisotopic (exact) mass is 573 g/mol. The molecule has 2 aromatic heterocycles. The highest BCUT2D eigenvalue weighted by atomic mass is 32.1. The van der Waals surface area contributed by atoms with Crippen molar-refractivity contribution >= 4 is 39.1 Å². The number of nitrogens with one attached hydrogen (secondary N) is 1. The zero-order valence-electron chi connectivity index (χ0n) is 23.7. The predicted molar refractivity (Wildman–Crippen MR) is 161 cm³/mol. The molecule has 2 aromatic carbocycles. The Morgan fingerprint density at radius 3 is 2.73 bits per heavy atom. The molecule has 10 heteroatoms. The minimum atomic E-state index is -0.325. The van der Waals surface area contributed by atoms with Crippen molar-refractivity contribution in [3.63, 3.8) is 0 Å². The number of thiazole rings is 1. The molecule has 3 heterocycles. The van der Waals surface area contributed by atoms with Crippen LogP contribution in [0.3, 0.4) is 0 Å². The number of fused-ring (bicyclic) bond motifs is 2. The number of ether oxygens (including phenoxy) is 2. The van der Waals surface area contributed by atoms with Gasteiger partial charge in [-0.2, -0.15) is 0 Å². The summed E-state index contributed by atoms with van der Waals surface area (Å²) >= 11 is 1.33. The van der Waals surface area contributed by atoms with Gasteiger partial charge in [0, 0.05) is 57.9 Å². The van der Waals surface area contributed by atoms with Gasteiger partial charge in [0.15, 0.2) is 5.01 Å². The molecule has 0 spiro atoms. The largest absolute Gasteiger partial charge is 0.491 e. The first kappa shape index (κ1) is 28.7. The van der Waals surface area contributed by atoms with E-state index in [0.717, 1.165) is 28.9 Å². The summed E-state index contributed by atoms with van der Waals surface area (Å²) < 4.78 is 13.1. The number of amides is 2. The summed E-state index contributed by atoms with van der Waals surface area (Å²) in [6, 6.07) is 16.9. The third-order valence-electron chi connectivity index (χ3n) is 7.43. The van der Waals surface area contributed by atoms with Crippen LogP contribution in [-0.4, -0.2) is 77.6 Å². The average Bonchev–Trinajstić information content (AvgIpc) is 3.43. The summed E-state index contributed by atoms with van der Waals surface area (Å²) in [4.78, 5) is 39.5. The van der Waals surface area contributed by atoms with E-state index in [4.69, 9.17) is 9.47 Å². The zero-order valence-corrected chi connectivity index (χ0v) is 24.6. The second kappa shape index (κ2) is 12.8. The van der Waals surface area contributed by atoms with Crippen molar-refractivity contribution in [2.24, 2.45) is 5.92 Å². The first-order valence-corrected chi connectivity index (χ1v) is 14.5. The highest BCUT2D eigenvalue weighted by Crippen LogP contribution is 2.28. The van der Waals surface area contributed by atoms with Crippen LogP contribution in [0, 0.1) is 5.92 Å². The summed E-state index contributed by atoms with van der Waals surface area (Å²) in [6.07, 6.45) is 3.49. The van der Waals surface area contributed by atoms with Gasteiger partial charge >= 0.3 is 0 Å². The van der Waals surface area contributed by atoms with Crippen LogP contribution in [0.15, 0.2) is 67.0 Å². The molecule has 1 aliphatic rings. The lowest BCUT2D eigenvalue weighted by Gasteiger charge is -2.36. The van der Waals surface area contributed by atoms with Gasteiger partial charge in [0.1, 0.15) is 12.4 Å². The minimum Gasteiger partial charge on any atom is -0.491 e. The van der Waals surface area contributed by atoms with E-state index in [0.29, 0.717) is 35.2 Å². The smallest absolute Gasteiger partial charge is 0.284 e. The Balaban J connectivity index is 1.41. The number of benzene rings is 2. The van der Waals surface area contributed by atoms with E-state index >= 15 is 0 Å². The molecule has 0 saturated heterocycles. The van der Waals surface area contributed by atoms with Crippen molar-refractivity contribution in [2.75, 3.05) is 39.2 Å². The Hall–Kier alpha value is -3.86. The van der Waals surface area contributed by atoms with Gasteiger partial charge in [-0.05, 0) is 54.8 Å². The lowest BCUT2D eigenvalue weighted by Crippen LogP contribution is -2.46. The Bertz CT molecular complexity index is 1480. The van der Waals surface area contributed by atoms with Gasteiger partial charge in [-0.3, -0.25) is 19.5 Å². The van der Waals surface area contributed by atoms with Crippen LogP contribution < -0.4 is 10.1 Å². The number of carbonyl (C=O) groups excluding carboxylic acids is 2. The van der Waals surface area contributed by atoms with E-state index in [9.17, 15) is 9.59 Å². The van der Waals surface area contributed by atoms with Crippen molar-refractivity contribution in [1.82, 2.24) is 19.8 Å². The lowest BCUT2D eigenvalue weighted by molar-refractivity contribution is 0.00920. The van der Waals surface area contributed by atoms with Crippen LogP contribution in [0.5, 0.6) is 5.75 Å². The molecule has 2 amide bonds. The van der Waals surface area contributed by atoms with E-state index in [1.807, 2.05) is 36.5 Å². The SMILES string of the molecule is CO[C@H]1CN(C)C(=O)c2cc(NC(=O)c3nc4ccccc4s3)ccc2OC[C@@H](C)N(Cc2cccnc2)C[C@@H]1C. The Morgan fingerprint density at radius 1 is 1.15 bits per heavy atom. The number of para-hydroxylation sites is 1. The van der Waals surface area contributed by atoms with Crippen LogP contribution in [-0.2, 0) is 11.3 Å². The van der Waals surface area contributed by atoms with Crippen molar-refractivity contribution in [2.45, 2.75) is 32.5 Å². The van der Waals surface area contributed by atoms with E-state index < -0.39 is 0 Å². The topological polar surface area (TPSA) is 96.9 Å². The molecule has 9 nitrogen and oxygen atoms in total. The highest BCUT2D eigenvalue weighted by molar-refractivity contribution is 7.20. The molecule has 41 heavy (non-hydrogen) atoms. The molecule has 4 aromatic rings. The van der Waals surface area contributed by atoms with E-state index in [1.165, 1.54) is 11.3 Å². The van der Waals surface area contributed by atoms with Crippen LogP contribution in [0.1, 0.15) is 39.6 Å². The fraction of sp³-hybridized carbons (Fsp3) is 0.355. The molecule has 1 aliphatic heterocycles. The number of aromatic nitrogens is 2. The first-order chi connectivity index (χ1) is 19.8. The maximum absolute atomic E-state index is 13.7. The zero-order chi connectivity index (χ0) is 28.9. The highest BCUT2D eigenvalue weighted by Gasteiger charge is 2.29.